The number of nitrogens with one attached hydrogen (secondary N) is 1. The number of pyridine rings is 2. The highest BCUT2D eigenvalue weighted by atomic mass is 35.5. The molecule has 3 aromatic rings. The van der Waals surface area contributed by atoms with Gasteiger partial charge in [0.2, 0.25) is 0 Å². The minimum Gasteiger partial charge on any atom is -0.458 e. The lowest BCUT2D eigenvalue weighted by atomic mass is 9.86. The lowest BCUT2D eigenvalue weighted by Crippen LogP contribution is -2.44. The molecule has 0 saturated heterocycles. The van der Waals surface area contributed by atoms with Crippen molar-refractivity contribution in [3.8, 4) is 11.4 Å². The van der Waals surface area contributed by atoms with Crippen molar-refractivity contribution in [2.24, 2.45) is 10.8 Å². The number of cyclic esters (lactones) is 1. The van der Waals surface area contributed by atoms with Gasteiger partial charge in [-0.15, -0.1) is 12.4 Å². The highest BCUT2D eigenvalue weighted by molar-refractivity contribution is 6.02. The largest absolute Gasteiger partial charge is 0.458 e. The molecule has 1 amide bonds. The summed E-state index contributed by atoms with van der Waals surface area (Å²) in [5.74, 6) is -1.20. The van der Waals surface area contributed by atoms with Crippen molar-refractivity contribution >= 4 is 41.4 Å². The molecular weight excluding hydrogens is 474 g/mol. The molecule has 0 bridgehead atoms. The molecule has 0 fully saturated rings. The highest BCUT2D eigenvalue weighted by Crippen LogP contribution is 2.39. The first-order chi connectivity index (χ1) is 16.3. The van der Waals surface area contributed by atoms with Crippen molar-refractivity contribution in [3.63, 3.8) is 0 Å². The number of ether oxygens (including phenoxy) is 1. The van der Waals surface area contributed by atoms with Gasteiger partial charge in [0, 0.05) is 22.1 Å². The van der Waals surface area contributed by atoms with E-state index in [0.29, 0.717) is 22.5 Å². The van der Waals surface area contributed by atoms with E-state index in [4.69, 9.17) is 15.5 Å². The maximum atomic E-state index is 13.4. The Morgan fingerprint density at radius 2 is 2.11 bits per heavy atom. The fraction of sp³-hybridized carbons (Fsp3) is 0.292. The Morgan fingerprint density at radius 1 is 1.37 bits per heavy atom. The van der Waals surface area contributed by atoms with Gasteiger partial charge in [-0.25, -0.2) is 15.2 Å². The van der Waals surface area contributed by atoms with E-state index in [-0.39, 0.29) is 48.7 Å². The average molecular weight is 498 g/mol. The second-order valence-electron chi connectivity index (χ2n) is 8.50. The number of hydrazone groups is 1. The van der Waals surface area contributed by atoms with Crippen molar-refractivity contribution in [2.45, 2.75) is 45.1 Å². The molecule has 35 heavy (non-hydrogen) atoms. The third-order valence-corrected chi connectivity index (χ3v) is 6.42. The van der Waals surface area contributed by atoms with Crippen LogP contribution in [0.25, 0.3) is 22.3 Å². The van der Waals surface area contributed by atoms with Crippen LogP contribution in [-0.4, -0.2) is 38.8 Å². The van der Waals surface area contributed by atoms with E-state index in [1.807, 2.05) is 24.3 Å². The van der Waals surface area contributed by atoms with Crippen molar-refractivity contribution in [1.82, 2.24) is 15.0 Å². The SMILES string of the molecule is CC[C@@]1(O)C(=O)OCc2c1cc1n(c2=O)Cc2c-1nc1ccccc1c2/C=N/NC(=O)C(C)N.Cl. The van der Waals surface area contributed by atoms with Crippen LogP contribution in [-0.2, 0) is 33.1 Å². The van der Waals surface area contributed by atoms with Gasteiger partial charge in [-0.1, -0.05) is 25.1 Å². The number of hydrogen-bond acceptors (Lipinski definition) is 8. The Labute approximate surface area is 206 Å². The molecule has 11 heteroatoms. The van der Waals surface area contributed by atoms with E-state index in [0.717, 1.165) is 10.9 Å². The molecule has 0 aliphatic carbocycles. The molecule has 2 aromatic heterocycles. The molecule has 2 aliphatic rings. The number of nitrogens with two attached hydrogens (primary N) is 1. The van der Waals surface area contributed by atoms with Gasteiger partial charge in [0.25, 0.3) is 11.5 Å². The fourth-order valence-electron chi connectivity index (χ4n) is 4.47. The van der Waals surface area contributed by atoms with Gasteiger partial charge >= 0.3 is 5.97 Å². The molecule has 10 nitrogen and oxygen atoms in total. The number of carbonyl (C=O) groups is 2. The number of rotatable bonds is 4. The van der Waals surface area contributed by atoms with E-state index in [2.05, 4.69) is 10.5 Å². The third kappa shape index (κ3) is 3.70. The zero-order valence-corrected chi connectivity index (χ0v) is 19.9. The molecule has 0 spiro atoms. The van der Waals surface area contributed by atoms with E-state index < -0.39 is 23.5 Å². The van der Waals surface area contributed by atoms with Gasteiger partial charge in [0.1, 0.15) is 6.61 Å². The molecule has 2 atom stereocenters. The van der Waals surface area contributed by atoms with E-state index in [9.17, 15) is 19.5 Å². The summed E-state index contributed by atoms with van der Waals surface area (Å²) in [6.07, 6.45) is 1.59. The van der Waals surface area contributed by atoms with Gasteiger partial charge in [0.05, 0.1) is 41.3 Å². The number of hydrogen-bond donors (Lipinski definition) is 3. The van der Waals surface area contributed by atoms with Crippen molar-refractivity contribution in [2.75, 3.05) is 0 Å². The molecule has 1 unspecified atom stereocenters. The molecule has 5 rings (SSSR count). The number of amides is 1. The Balaban J connectivity index is 0.00000289. The van der Waals surface area contributed by atoms with Gasteiger partial charge in [-0.2, -0.15) is 5.10 Å². The minimum absolute atomic E-state index is 0. The highest BCUT2D eigenvalue weighted by Gasteiger charge is 2.45. The first kappa shape index (κ1) is 24.5. The first-order valence-electron chi connectivity index (χ1n) is 10.9. The van der Waals surface area contributed by atoms with Crippen LogP contribution in [0.15, 0.2) is 40.2 Å². The Morgan fingerprint density at radius 3 is 2.83 bits per heavy atom. The predicted octanol–water partition coefficient (Wildman–Crippen LogP) is 1.30. The van der Waals surface area contributed by atoms with Crippen LogP contribution in [0.5, 0.6) is 0 Å². The zero-order valence-electron chi connectivity index (χ0n) is 19.1. The van der Waals surface area contributed by atoms with Crippen LogP contribution >= 0.6 is 12.4 Å². The molecular formula is C24H24ClN5O5. The standard InChI is InChI=1S/C24H23N5O5.ClH/c1-3-24(33)17-8-19-20-15(10-29(19)22(31)16(17)11-34-23(24)32)14(9-26-28-21(30)12(2)25)13-6-4-5-7-18(13)27-20;/h4-9,12,33H,3,10-11,25H2,1-2H3,(H,28,30);1H/b26-9+;/t12?,24-;/m0./s1. The molecule has 0 saturated carbocycles. The molecule has 2 aliphatic heterocycles. The first-order valence-corrected chi connectivity index (χ1v) is 10.9. The summed E-state index contributed by atoms with van der Waals surface area (Å²) in [6, 6.07) is 8.39. The van der Waals surface area contributed by atoms with Crippen LogP contribution in [0.4, 0.5) is 0 Å². The normalized spacial score (nSPS) is 18.9. The quantitative estimate of drug-likeness (QED) is 0.218. The van der Waals surface area contributed by atoms with E-state index >= 15 is 0 Å². The summed E-state index contributed by atoms with van der Waals surface area (Å²) in [4.78, 5) is 42.4. The fourth-order valence-corrected chi connectivity index (χ4v) is 4.47. The summed E-state index contributed by atoms with van der Waals surface area (Å²) < 4.78 is 6.68. The summed E-state index contributed by atoms with van der Waals surface area (Å²) in [5, 5.41) is 15.9. The Kier molecular flexibility index (Phi) is 6.22. The molecule has 0 radical (unpaired) electrons. The molecule has 4 N–H and O–H groups in total. The van der Waals surface area contributed by atoms with Gasteiger partial charge < -0.3 is 20.1 Å². The molecule has 4 heterocycles. The lowest BCUT2D eigenvalue weighted by molar-refractivity contribution is -0.172. The van der Waals surface area contributed by atoms with Crippen LogP contribution in [0.1, 0.15) is 42.5 Å². The second kappa shape index (κ2) is 8.88. The number of fused-ring (bicyclic) bond motifs is 5. The number of aromatic nitrogens is 2. The number of carbonyl (C=O) groups excluding carboxylic acids is 2. The second-order valence-corrected chi connectivity index (χ2v) is 8.50. The van der Waals surface area contributed by atoms with Crippen molar-refractivity contribution < 1.29 is 19.4 Å². The Bertz CT molecular complexity index is 1460. The maximum absolute atomic E-state index is 13.4. The van der Waals surface area contributed by atoms with E-state index in [1.165, 1.54) is 6.21 Å². The number of aliphatic hydroxyl groups is 1. The number of benzene rings is 1. The zero-order chi connectivity index (χ0) is 24.2. The topological polar surface area (TPSA) is 149 Å². The van der Waals surface area contributed by atoms with Crippen molar-refractivity contribution in [3.05, 3.63) is 62.9 Å². The summed E-state index contributed by atoms with van der Waals surface area (Å²) in [5.41, 5.74) is 9.43. The summed E-state index contributed by atoms with van der Waals surface area (Å²) in [7, 11) is 0. The maximum Gasteiger partial charge on any atom is 0.343 e. The van der Waals surface area contributed by atoms with Gasteiger partial charge in [-0.05, 0) is 25.5 Å². The number of halogens is 1. The van der Waals surface area contributed by atoms with Crippen LogP contribution < -0.4 is 16.7 Å². The summed E-state index contributed by atoms with van der Waals surface area (Å²) in [6.45, 7) is 3.24. The number of para-hydroxylation sites is 1. The third-order valence-electron chi connectivity index (χ3n) is 6.42. The number of nitrogens with zero attached hydrogens (tertiary/aromatic N) is 3. The van der Waals surface area contributed by atoms with Crippen molar-refractivity contribution in [1.29, 1.82) is 0 Å². The average Bonchev–Trinajstić information content (AvgIpc) is 3.20. The molecule has 1 aromatic carbocycles. The monoisotopic (exact) mass is 497 g/mol. The Hall–Kier alpha value is -3.60. The minimum atomic E-state index is -1.89. The lowest BCUT2D eigenvalue weighted by Gasteiger charge is -2.31. The van der Waals surface area contributed by atoms with Crippen LogP contribution in [0, 0.1) is 0 Å². The smallest absolute Gasteiger partial charge is 0.343 e. The van der Waals surface area contributed by atoms with Gasteiger partial charge in [0.15, 0.2) is 5.60 Å². The predicted molar refractivity (Wildman–Crippen MR) is 131 cm³/mol. The van der Waals surface area contributed by atoms with Crippen LogP contribution in [0.3, 0.4) is 0 Å². The number of esters is 1. The molecule has 182 valence electrons. The van der Waals surface area contributed by atoms with Gasteiger partial charge in [-0.3, -0.25) is 9.59 Å². The van der Waals surface area contributed by atoms with E-state index in [1.54, 1.807) is 24.5 Å². The summed E-state index contributed by atoms with van der Waals surface area (Å²) >= 11 is 0. The van der Waals surface area contributed by atoms with Crippen LogP contribution in [0.2, 0.25) is 0 Å².